The normalized spacial score (nSPS) is 19.0. The van der Waals surface area contributed by atoms with Crippen molar-refractivity contribution in [2.45, 2.75) is 203 Å². The molecule has 7 aromatic rings. The molecule has 0 radical (unpaired) electrons. The number of ketones is 3. The van der Waals surface area contributed by atoms with Gasteiger partial charge in [-0.15, -0.1) is 0 Å². The lowest BCUT2D eigenvalue weighted by Gasteiger charge is -2.31. The van der Waals surface area contributed by atoms with E-state index in [1.807, 2.05) is 52.0 Å². The van der Waals surface area contributed by atoms with E-state index in [0.29, 0.717) is 58.2 Å². The molecule has 0 spiro atoms. The molecule has 5 aliphatic heterocycles. The predicted molar refractivity (Wildman–Crippen MR) is 382 cm³/mol. The molecule has 2 unspecified atom stereocenters. The summed E-state index contributed by atoms with van der Waals surface area (Å²) < 4.78 is 13.7. The molecular weight excluding hydrogens is 1300 g/mol. The number of pyridine rings is 4. The number of aryl methyl sites for hydroxylation is 4. The number of nitrogens with zero attached hydrogens (tertiary/aromatic N) is 5. The van der Waals surface area contributed by atoms with Gasteiger partial charge in [-0.05, 0) is 152 Å². The Morgan fingerprint density at radius 3 is 1.41 bits per heavy atom. The van der Waals surface area contributed by atoms with Crippen molar-refractivity contribution < 1.29 is 62.8 Å². The molecule has 6 N–H and O–H groups in total. The molecule has 3 aromatic carbocycles. The lowest BCUT2D eigenvalue weighted by molar-refractivity contribution is -0.172. The summed E-state index contributed by atoms with van der Waals surface area (Å²) in [5, 5.41) is 30.1. The van der Waals surface area contributed by atoms with Crippen LogP contribution in [0.4, 0.5) is 5.69 Å². The third-order valence-electron chi connectivity index (χ3n) is 21.5. The number of hydrogen-bond donors (Lipinski definition) is 5. The number of aliphatic hydroxyl groups is 2. The van der Waals surface area contributed by atoms with Crippen LogP contribution in [0.3, 0.4) is 0 Å². The molecule has 9 heterocycles. The van der Waals surface area contributed by atoms with Gasteiger partial charge in [0.25, 0.3) is 22.9 Å². The van der Waals surface area contributed by atoms with Gasteiger partial charge in [0.1, 0.15) is 19.0 Å². The van der Waals surface area contributed by atoms with Crippen molar-refractivity contribution in [1.29, 1.82) is 0 Å². The summed E-state index contributed by atoms with van der Waals surface area (Å²) >= 11 is 0. The average molecular weight is 1390 g/mol. The monoisotopic (exact) mass is 1390 g/mol. The van der Waals surface area contributed by atoms with Crippen LogP contribution in [0.5, 0.6) is 0 Å². The molecule has 0 bridgehead atoms. The number of imide groups is 1. The van der Waals surface area contributed by atoms with E-state index in [9.17, 15) is 63.0 Å². The molecule has 23 heteroatoms. The molecule has 0 saturated carbocycles. The Bertz CT molecular complexity index is 4890. The average Bonchev–Trinajstić information content (AvgIpc) is 1.51. The van der Waals surface area contributed by atoms with Gasteiger partial charge in [-0.25, -0.2) is 24.5 Å². The Morgan fingerprint density at radius 1 is 0.559 bits per heavy atom. The molecule has 0 fully saturated rings. The number of cyclic esters (lactones) is 2. The lowest BCUT2D eigenvalue weighted by atomic mass is 9.83. The second-order valence-corrected chi connectivity index (χ2v) is 28.2. The standard InChI is InChI=1S/C45H44N4O9.C32H36N4O6.2CH4/c1-5-45(57)34-20-36-41-32(21-48(36)43(55)33(34)22-58-44(45)56)30-8-6-7-29-26(11-14-35(47-41)40(29)30)18-37(51)24(4)46-42(54)31(23(2)3)19-28(50)17-25-9-12-27(13-10-25)49-38(52)15-16-39(49)53;1-5-32(41)22-12-24-28-20(13-36(24)30(39)21(22)14-42-31(32)40)19-8-6-7-18-17(9-10-23(35-28)26(18)19)11-25(37)16(4)34-29(38)27(33)15(2)3;;/h9-16,20,23-24,31,57H,5-8,17-19,21-22H2,1-4H3,(H,46,54);9-10,12,15-16,27,41H,5-8,11,13-14,33H2,1-4H3,(H,34,38);2*1H4/t24-,31?,45-;16-,27?,32-;;/m00../s1. The molecular formula is C79H88N8O15. The van der Waals surface area contributed by atoms with E-state index in [1.165, 1.54) is 12.2 Å². The van der Waals surface area contributed by atoms with Crippen LogP contribution in [0.25, 0.3) is 44.6 Å². The van der Waals surface area contributed by atoms with Crippen LogP contribution >= 0.6 is 0 Å². The molecule has 2 aliphatic carbocycles. The Kier molecular flexibility index (Phi) is 20.2. The molecule has 7 aliphatic rings. The summed E-state index contributed by atoms with van der Waals surface area (Å²) in [5.41, 5.74) is 15.7. The summed E-state index contributed by atoms with van der Waals surface area (Å²) in [6.45, 7) is 14.4. The quantitative estimate of drug-likeness (QED) is 0.0386. The minimum atomic E-state index is -1.91. The largest absolute Gasteiger partial charge is 0.458 e. The highest BCUT2D eigenvalue weighted by atomic mass is 16.6. The number of hydrogen-bond acceptors (Lipinski definition) is 18. The molecule has 4 amide bonds. The molecule has 23 nitrogen and oxygen atoms in total. The number of amides is 4. The molecule has 0 saturated heterocycles. The van der Waals surface area contributed by atoms with Gasteiger partial charge in [0, 0.05) is 76.8 Å². The van der Waals surface area contributed by atoms with Gasteiger partial charge in [-0.3, -0.25) is 43.2 Å². The fraction of sp³-hybridized carbons (Fsp3) is 0.430. The zero-order chi connectivity index (χ0) is 71.3. The number of benzene rings is 3. The van der Waals surface area contributed by atoms with E-state index in [0.717, 1.165) is 110 Å². The SMILES string of the molecule is C.C.CC[C@@]1(O)C(=O)OCc2c1cc1n(c2=O)Cc2c-1nc1ccc(CC(=O)[C@H](C)NC(=O)C(CC(=O)Cc3ccc(N4C(=O)C=CC4=O)cc3)C(C)C)c3c1c2CCC3.CC[C@@]1(O)C(=O)OCc2c1cc1n(c2=O)Cc2c-1nc1ccc(CC(=O)[C@H](C)NC(=O)C(N)C(C)C)c3c1c2CCC3. The second kappa shape index (κ2) is 28.1. The molecule has 534 valence electrons. The van der Waals surface area contributed by atoms with Crippen molar-refractivity contribution in [2.24, 2.45) is 23.5 Å². The summed E-state index contributed by atoms with van der Waals surface area (Å²) in [4.78, 5) is 154. The first kappa shape index (κ1) is 73.3. The fourth-order valence-electron chi connectivity index (χ4n) is 15.5. The zero-order valence-electron chi connectivity index (χ0n) is 57.2. The first-order valence-electron chi connectivity index (χ1n) is 34.5. The second-order valence-electron chi connectivity index (χ2n) is 28.2. The Balaban J connectivity index is 0.000000211. The van der Waals surface area contributed by atoms with Crippen LogP contribution in [-0.4, -0.2) is 100 Å². The maximum atomic E-state index is 13.8. The minimum Gasteiger partial charge on any atom is -0.458 e. The van der Waals surface area contributed by atoms with Crippen molar-refractivity contribution in [1.82, 2.24) is 29.7 Å². The third-order valence-corrected chi connectivity index (χ3v) is 21.5. The number of carbonyl (C=O) groups excluding carboxylic acids is 9. The van der Waals surface area contributed by atoms with Gasteiger partial charge >= 0.3 is 11.9 Å². The summed E-state index contributed by atoms with van der Waals surface area (Å²) in [6, 6.07) is 15.5. The number of nitrogens with two attached hydrogens (primary N) is 1. The van der Waals surface area contributed by atoms with Crippen LogP contribution in [0.1, 0.15) is 175 Å². The van der Waals surface area contributed by atoms with E-state index in [-0.39, 0.29) is 130 Å². The van der Waals surface area contributed by atoms with Crippen molar-refractivity contribution in [3.63, 3.8) is 0 Å². The number of carbonyl (C=O) groups is 9. The predicted octanol–water partition coefficient (Wildman–Crippen LogP) is 7.53. The van der Waals surface area contributed by atoms with Crippen molar-refractivity contribution in [3.8, 4) is 22.8 Å². The number of nitrogens with one attached hydrogen (secondary N) is 2. The topological polar surface area (TPSA) is 336 Å². The van der Waals surface area contributed by atoms with E-state index >= 15 is 0 Å². The van der Waals surface area contributed by atoms with Crippen molar-refractivity contribution >= 4 is 80.4 Å². The van der Waals surface area contributed by atoms with E-state index in [2.05, 4.69) is 10.6 Å². The maximum absolute atomic E-state index is 13.8. The fourth-order valence-corrected chi connectivity index (χ4v) is 15.5. The number of ether oxygens (including phenoxy) is 2. The van der Waals surface area contributed by atoms with Gasteiger partial charge in [-0.1, -0.05) is 80.7 Å². The highest BCUT2D eigenvalue weighted by Crippen LogP contribution is 2.46. The van der Waals surface area contributed by atoms with Crippen LogP contribution < -0.4 is 32.4 Å². The highest BCUT2D eigenvalue weighted by Gasteiger charge is 2.48. The smallest absolute Gasteiger partial charge is 0.343 e. The summed E-state index contributed by atoms with van der Waals surface area (Å²) in [7, 11) is 0. The van der Waals surface area contributed by atoms with E-state index < -0.39 is 59.0 Å². The molecule has 14 rings (SSSR count). The highest BCUT2D eigenvalue weighted by molar-refractivity contribution is 6.28. The summed E-state index contributed by atoms with van der Waals surface area (Å²) in [5.74, 6) is -4.36. The van der Waals surface area contributed by atoms with Gasteiger partial charge < -0.3 is 45.2 Å². The number of aromatic nitrogens is 4. The van der Waals surface area contributed by atoms with E-state index in [1.54, 1.807) is 73.2 Å². The Morgan fingerprint density at radius 2 is 0.990 bits per heavy atom. The Labute approximate surface area is 590 Å². The number of anilines is 1. The van der Waals surface area contributed by atoms with Crippen molar-refractivity contribution in [2.75, 3.05) is 4.90 Å². The molecule has 102 heavy (non-hydrogen) atoms. The lowest BCUT2D eigenvalue weighted by Crippen LogP contribution is -2.49. The first-order valence-corrected chi connectivity index (χ1v) is 34.5. The van der Waals surface area contributed by atoms with Crippen LogP contribution in [0.2, 0.25) is 0 Å². The third kappa shape index (κ3) is 12.5. The maximum Gasteiger partial charge on any atom is 0.343 e. The summed E-state index contributed by atoms with van der Waals surface area (Å²) in [6.07, 6.45) is 7.71. The Hall–Kier alpha value is -9.97. The van der Waals surface area contributed by atoms with Crippen LogP contribution in [0, 0.1) is 17.8 Å². The van der Waals surface area contributed by atoms with E-state index in [4.69, 9.17) is 25.2 Å². The first-order chi connectivity index (χ1) is 47.6. The van der Waals surface area contributed by atoms with Crippen LogP contribution in [-0.2, 0) is 135 Å². The van der Waals surface area contributed by atoms with Gasteiger partial charge in [0.2, 0.25) is 11.8 Å². The number of rotatable bonds is 19. The number of fused-ring (bicyclic) bond motifs is 10. The number of esters is 2. The minimum absolute atomic E-state index is 0. The van der Waals surface area contributed by atoms with Gasteiger partial charge in [0.05, 0.1) is 81.8 Å². The molecule has 6 atom stereocenters. The van der Waals surface area contributed by atoms with Gasteiger partial charge in [0.15, 0.2) is 22.8 Å². The number of Topliss-reactive ketones (excluding diaryl/α,β-unsaturated/α-hetero) is 3. The molecule has 4 aromatic heterocycles. The zero-order valence-corrected chi connectivity index (χ0v) is 57.2. The van der Waals surface area contributed by atoms with Crippen molar-refractivity contribution in [3.05, 3.63) is 166 Å². The van der Waals surface area contributed by atoms with Crippen LogP contribution in [0.15, 0.2) is 82.4 Å². The van der Waals surface area contributed by atoms with Gasteiger partial charge in [-0.2, -0.15) is 0 Å².